The Balaban J connectivity index is 1.86. The smallest absolute Gasteiger partial charge is 0.152 e. The molecule has 0 radical (unpaired) electrons. The number of fused-ring (bicyclic) bond motifs is 4. The zero-order chi connectivity index (χ0) is 22.8. The monoisotopic (exact) mass is 421 g/mol. The van der Waals surface area contributed by atoms with Gasteiger partial charge in [-0.3, -0.25) is 0 Å². The highest BCUT2D eigenvalue weighted by Crippen LogP contribution is 2.54. The lowest BCUT2D eigenvalue weighted by molar-refractivity contribution is 0.477. The summed E-state index contributed by atoms with van der Waals surface area (Å²) in [4.78, 5) is 2.42. The van der Waals surface area contributed by atoms with Gasteiger partial charge >= 0.3 is 0 Å². The number of nitrogens with zero attached hydrogens (tertiary/aromatic N) is 1. The molecule has 32 heavy (non-hydrogen) atoms. The van der Waals surface area contributed by atoms with E-state index in [4.69, 9.17) is 4.74 Å². The van der Waals surface area contributed by atoms with E-state index >= 15 is 0 Å². The molecule has 5 rings (SSSR count). The molecule has 0 aliphatic carbocycles. The minimum atomic E-state index is 0.107. The van der Waals surface area contributed by atoms with Gasteiger partial charge in [-0.05, 0) is 84.5 Å². The quantitative estimate of drug-likeness (QED) is 0.268. The first-order valence-electron chi connectivity index (χ1n) is 11.4. The summed E-state index contributed by atoms with van der Waals surface area (Å²) in [6.45, 7) is 15.6. The average molecular weight is 422 g/mol. The van der Waals surface area contributed by atoms with E-state index in [0.717, 1.165) is 22.9 Å². The maximum Gasteiger partial charge on any atom is 0.152 e. The number of hydrogen-bond acceptors (Lipinski definition) is 2. The van der Waals surface area contributed by atoms with Crippen LogP contribution < -0.4 is 9.64 Å². The summed E-state index contributed by atoms with van der Waals surface area (Å²) < 4.78 is 6.47. The number of benzene rings is 4. The van der Waals surface area contributed by atoms with Crippen LogP contribution in [0.3, 0.4) is 0 Å². The lowest BCUT2D eigenvalue weighted by Crippen LogP contribution is -2.20. The van der Waals surface area contributed by atoms with Crippen molar-refractivity contribution in [3.63, 3.8) is 0 Å². The van der Waals surface area contributed by atoms with Gasteiger partial charge in [0.05, 0.1) is 17.1 Å². The van der Waals surface area contributed by atoms with Crippen LogP contribution in [0.2, 0.25) is 0 Å². The summed E-state index contributed by atoms with van der Waals surface area (Å²) in [5.74, 6) is 1.81. The Hall–Kier alpha value is -3.26. The van der Waals surface area contributed by atoms with Crippen LogP contribution in [0.25, 0.3) is 10.8 Å². The van der Waals surface area contributed by atoms with Gasteiger partial charge in [0.2, 0.25) is 0 Å². The topological polar surface area (TPSA) is 12.5 Å². The maximum absolute atomic E-state index is 6.47. The van der Waals surface area contributed by atoms with E-state index in [1.165, 1.54) is 44.3 Å². The third kappa shape index (κ3) is 3.17. The number of rotatable bonds is 1. The molecule has 0 N–H and O–H groups in total. The van der Waals surface area contributed by atoms with Gasteiger partial charge in [0.25, 0.3) is 0 Å². The molecule has 0 fully saturated rings. The van der Waals surface area contributed by atoms with Crippen LogP contribution in [0.5, 0.6) is 11.5 Å². The molecule has 2 nitrogen and oxygen atoms in total. The first-order chi connectivity index (χ1) is 15.1. The minimum Gasteiger partial charge on any atom is -0.453 e. The Kier molecular flexibility index (Phi) is 4.60. The second-order valence-corrected chi connectivity index (χ2v) is 10.2. The SMILES string of the molecule is Cc1ccc2c(c1)Oc1ccc3c(C)cccc3c1N2c1c(C)cc(C(C)(C)C)cc1C. The molecular weight excluding hydrogens is 390 g/mol. The van der Waals surface area contributed by atoms with Crippen LogP contribution in [0.1, 0.15) is 48.6 Å². The Morgan fingerprint density at radius 2 is 1.38 bits per heavy atom. The van der Waals surface area contributed by atoms with Crippen molar-refractivity contribution in [2.24, 2.45) is 0 Å². The van der Waals surface area contributed by atoms with Crippen LogP contribution in [0, 0.1) is 27.7 Å². The maximum atomic E-state index is 6.47. The summed E-state index contributed by atoms with van der Waals surface area (Å²) in [7, 11) is 0. The Morgan fingerprint density at radius 3 is 2.06 bits per heavy atom. The molecule has 0 aromatic heterocycles. The molecule has 4 aromatic rings. The molecule has 0 saturated carbocycles. The largest absolute Gasteiger partial charge is 0.453 e. The average Bonchev–Trinajstić information content (AvgIpc) is 2.71. The Bertz CT molecular complexity index is 1350. The molecule has 4 aromatic carbocycles. The first kappa shape index (κ1) is 20.6. The summed E-state index contributed by atoms with van der Waals surface area (Å²) >= 11 is 0. The van der Waals surface area contributed by atoms with Crippen molar-refractivity contribution in [2.75, 3.05) is 4.90 Å². The van der Waals surface area contributed by atoms with Gasteiger partial charge in [-0.1, -0.05) is 63.2 Å². The highest BCUT2D eigenvalue weighted by atomic mass is 16.5. The van der Waals surface area contributed by atoms with Gasteiger partial charge in [0.15, 0.2) is 11.5 Å². The molecule has 0 atom stereocenters. The van der Waals surface area contributed by atoms with Crippen molar-refractivity contribution >= 4 is 27.8 Å². The summed E-state index contributed by atoms with van der Waals surface area (Å²) in [5, 5.41) is 2.48. The highest BCUT2D eigenvalue weighted by molar-refractivity contribution is 6.05. The highest BCUT2D eigenvalue weighted by Gasteiger charge is 2.30. The predicted octanol–water partition coefficient (Wildman–Crippen LogP) is 8.95. The third-order valence-electron chi connectivity index (χ3n) is 6.59. The van der Waals surface area contributed by atoms with E-state index in [2.05, 4.69) is 114 Å². The van der Waals surface area contributed by atoms with Crippen molar-refractivity contribution in [3.8, 4) is 11.5 Å². The van der Waals surface area contributed by atoms with Crippen LogP contribution >= 0.6 is 0 Å². The van der Waals surface area contributed by atoms with Crippen molar-refractivity contribution < 1.29 is 4.74 Å². The zero-order valence-corrected chi connectivity index (χ0v) is 20.1. The van der Waals surface area contributed by atoms with Crippen LogP contribution in [-0.2, 0) is 5.41 Å². The summed E-state index contributed by atoms with van der Waals surface area (Å²) in [6.07, 6.45) is 0. The van der Waals surface area contributed by atoms with E-state index in [1.54, 1.807) is 0 Å². The van der Waals surface area contributed by atoms with Crippen molar-refractivity contribution in [3.05, 3.63) is 88.5 Å². The lowest BCUT2D eigenvalue weighted by Gasteiger charge is -2.36. The van der Waals surface area contributed by atoms with E-state index in [0.29, 0.717) is 0 Å². The zero-order valence-electron chi connectivity index (χ0n) is 20.1. The molecule has 2 heteroatoms. The molecule has 1 heterocycles. The molecule has 0 saturated heterocycles. The molecule has 1 aliphatic heterocycles. The fourth-order valence-corrected chi connectivity index (χ4v) is 4.89. The predicted molar refractivity (Wildman–Crippen MR) is 136 cm³/mol. The van der Waals surface area contributed by atoms with E-state index in [-0.39, 0.29) is 5.41 Å². The normalized spacial score (nSPS) is 13.0. The van der Waals surface area contributed by atoms with Gasteiger partial charge in [0.1, 0.15) is 0 Å². The second kappa shape index (κ2) is 7.13. The van der Waals surface area contributed by atoms with Gasteiger partial charge < -0.3 is 9.64 Å². The number of hydrogen-bond donors (Lipinski definition) is 0. The number of anilines is 3. The fraction of sp³-hybridized carbons (Fsp3) is 0.267. The van der Waals surface area contributed by atoms with Crippen LogP contribution in [-0.4, -0.2) is 0 Å². The number of aryl methyl sites for hydroxylation is 4. The fourth-order valence-electron chi connectivity index (χ4n) is 4.89. The summed E-state index contributed by atoms with van der Waals surface area (Å²) in [5.41, 5.74) is 9.94. The van der Waals surface area contributed by atoms with Crippen LogP contribution in [0.4, 0.5) is 17.1 Å². The lowest BCUT2D eigenvalue weighted by atomic mass is 9.84. The molecule has 0 unspecified atom stereocenters. The second-order valence-electron chi connectivity index (χ2n) is 10.2. The van der Waals surface area contributed by atoms with Gasteiger partial charge in [-0.25, -0.2) is 0 Å². The Labute approximate surface area is 191 Å². The summed E-state index contributed by atoms with van der Waals surface area (Å²) in [6, 6.07) is 22.0. The van der Waals surface area contributed by atoms with E-state index in [9.17, 15) is 0 Å². The number of ether oxygens (including phenoxy) is 1. The van der Waals surface area contributed by atoms with E-state index in [1.807, 2.05) is 0 Å². The van der Waals surface area contributed by atoms with Gasteiger partial charge in [-0.15, -0.1) is 0 Å². The van der Waals surface area contributed by atoms with Crippen molar-refractivity contribution in [1.29, 1.82) is 0 Å². The van der Waals surface area contributed by atoms with Crippen LogP contribution in [0.15, 0.2) is 60.7 Å². The molecular formula is C30H31NO. The molecule has 1 aliphatic rings. The van der Waals surface area contributed by atoms with Crippen molar-refractivity contribution in [2.45, 2.75) is 53.9 Å². The van der Waals surface area contributed by atoms with Gasteiger partial charge in [0, 0.05) is 5.39 Å². The molecule has 0 spiro atoms. The third-order valence-corrected chi connectivity index (χ3v) is 6.59. The molecule has 162 valence electrons. The minimum absolute atomic E-state index is 0.107. The van der Waals surface area contributed by atoms with Gasteiger partial charge in [-0.2, -0.15) is 0 Å². The van der Waals surface area contributed by atoms with Crippen molar-refractivity contribution in [1.82, 2.24) is 0 Å². The van der Waals surface area contributed by atoms with E-state index < -0.39 is 0 Å². The Morgan fingerprint density at radius 1 is 0.656 bits per heavy atom. The molecule has 0 bridgehead atoms. The first-order valence-corrected chi connectivity index (χ1v) is 11.4. The molecule has 0 amide bonds. The standard InChI is InChI=1S/C30H31NO/c1-18-11-13-25-27(15-18)32-26-14-12-23-19(2)9-8-10-24(23)29(26)31(25)28-20(3)16-22(17-21(28)4)30(5,6)7/h8-17H,1-7H3.